The first-order valence-electron chi connectivity index (χ1n) is 4.24. The minimum absolute atomic E-state index is 0.225. The van der Waals surface area contributed by atoms with Gasteiger partial charge in [0.25, 0.3) is 0 Å². The Morgan fingerprint density at radius 3 is 2.92 bits per heavy atom. The Hall–Kier alpha value is -1.10. The van der Waals surface area contributed by atoms with E-state index in [1.165, 1.54) is 12.8 Å². The largest absolute Gasteiger partial charge is 0.340 e. The first-order valence-corrected chi connectivity index (χ1v) is 4.24. The lowest BCUT2D eigenvalue weighted by Crippen LogP contribution is -2.27. The van der Waals surface area contributed by atoms with Crippen LogP contribution in [0.15, 0.2) is 4.79 Å². The summed E-state index contributed by atoms with van der Waals surface area (Å²) in [5.41, 5.74) is -0.225. The van der Waals surface area contributed by atoms with Crippen molar-refractivity contribution in [3.05, 3.63) is 16.3 Å². The summed E-state index contributed by atoms with van der Waals surface area (Å²) in [6.45, 7) is 1.01. The van der Waals surface area contributed by atoms with E-state index in [0.717, 1.165) is 18.8 Å². The second-order valence-electron chi connectivity index (χ2n) is 3.07. The van der Waals surface area contributed by atoms with Crippen molar-refractivity contribution >= 4 is 0 Å². The van der Waals surface area contributed by atoms with E-state index in [0.29, 0.717) is 0 Å². The van der Waals surface area contributed by atoms with Gasteiger partial charge in [-0.2, -0.15) is 5.10 Å². The molecular formula is C7H12N4O. The van der Waals surface area contributed by atoms with Crippen molar-refractivity contribution < 1.29 is 0 Å². The van der Waals surface area contributed by atoms with E-state index >= 15 is 0 Å². The van der Waals surface area contributed by atoms with E-state index in [9.17, 15) is 4.79 Å². The maximum absolute atomic E-state index is 10.7. The molecule has 1 atom stereocenters. The molecule has 2 rings (SSSR count). The van der Waals surface area contributed by atoms with E-state index in [4.69, 9.17) is 0 Å². The van der Waals surface area contributed by atoms with Crippen LogP contribution in [0, 0.1) is 0 Å². The summed E-state index contributed by atoms with van der Waals surface area (Å²) in [6, 6.07) is 0.234. The number of hydrogen-bond donors (Lipinski definition) is 3. The molecule has 5 nitrogen and oxygen atoms in total. The van der Waals surface area contributed by atoms with Crippen LogP contribution in [0.4, 0.5) is 0 Å². The minimum Gasteiger partial charge on any atom is -0.307 e. The predicted octanol–water partition coefficient (Wildman–Crippen LogP) is -0.0874. The fraction of sp³-hybridized carbons (Fsp3) is 0.714. The molecule has 0 spiro atoms. The summed E-state index contributed by atoms with van der Waals surface area (Å²) in [4.78, 5) is 13.4. The number of piperidine rings is 1. The summed E-state index contributed by atoms with van der Waals surface area (Å²) >= 11 is 0. The van der Waals surface area contributed by atoms with Gasteiger partial charge < -0.3 is 5.32 Å². The van der Waals surface area contributed by atoms with Gasteiger partial charge >= 0.3 is 5.69 Å². The van der Waals surface area contributed by atoms with E-state index < -0.39 is 0 Å². The zero-order chi connectivity index (χ0) is 8.39. The number of H-pyrrole nitrogens is 2. The lowest BCUT2D eigenvalue weighted by Gasteiger charge is -2.20. The number of aromatic amines is 2. The number of aromatic nitrogens is 3. The third-order valence-electron chi connectivity index (χ3n) is 2.16. The van der Waals surface area contributed by atoms with E-state index in [1.807, 2.05) is 0 Å². The van der Waals surface area contributed by atoms with E-state index in [2.05, 4.69) is 20.5 Å². The molecule has 0 aliphatic carbocycles. The average molecular weight is 168 g/mol. The van der Waals surface area contributed by atoms with Crippen LogP contribution in [0.2, 0.25) is 0 Å². The Labute approximate surface area is 69.6 Å². The second-order valence-corrected chi connectivity index (χ2v) is 3.07. The van der Waals surface area contributed by atoms with Crippen LogP contribution >= 0.6 is 0 Å². The monoisotopic (exact) mass is 168 g/mol. The average Bonchev–Trinajstić information content (AvgIpc) is 2.54. The molecule has 1 saturated heterocycles. The fourth-order valence-corrected chi connectivity index (χ4v) is 1.53. The maximum Gasteiger partial charge on any atom is 0.340 e. The molecule has 0 bridgehead atoms. The van der Waals surface area contributed by atoms with Crippen molar-refractivity contribution in [3.63, 3.8) is 0 Å². The van der Waals surface area contributed by atoms with Crippen LogP contribution < -0.4 is 11.0 Å². The molecule has 1 aromatic rings. The summed E-state index contributed by atoms with van der Waals surface area (Å²) in [7, 11) is 0. The molecule has 1 aliphatic heterocycles. The molecule has 0 radical (unpaired) electrons. The Balaban J connectivity index is 2.13. The molecule has 0 amide bonds. The molecule has 1 unspecified atom stereocenters. The smallest absolute Gasteiger partial charge is 0.307 e. The highest BCUT2D eigenvalue weighted by molar-refractivity contribution is 4.92. The Kier molecular flexibility index (Phi) is 1.95. The fourth-order valence-electron chi connectivity index (χ4n) is 1.53. The molecule has 1 aliphatic rings. The first kappa shape index (κ1) is 7.54. The van der Waals surface area contributed by atoms with Crippen molar-refractivity contribution in [1.82, 2.24) is 20.5 Å². The van der Waals surface area contributed by atoms with Gasteiger partial charge in [-0.1, -0.05) is 6.42 Å². The van der Waals surface area contributed by atoms with Gasteiger partial charge in [0, 0.05) is 0 Å². The zero-order valence-electron chi connectivity index (χ0n) is 6.76. The minimum atomic E-state index is -0.225. The zero-order valence-corrected chi connectivity index (χ0v) is 6.76. The van der Waals surface area contributed by atoms with Crippen LogP contribution in [0.1, 0.15) is 31.1 Å². The Morgan fingerprint density at radius 1 is 1.42 bits per heavy atom. The van der Waals surface area contributed by atoms with Gasteiger partial charge in [-0.05, 0) is 19.4 Å². The lowest BCUT2D eigenvalue weighted by molar-refractivity contribution is 0.398. The predicted molar refractivity (Wildman–Crippen MR) is 43.8 cm³/mol. The first-order chi connectivity index (χ1) is 5.86. The normalized spacial score (nSPS) is 24.2. The maximum atomic E-state index is 10.7. The van der Waals surface area contributed by atoms with Gasteiger partial charge in [0.2, 0.25) is 0 Å². The number of hydrogen-bond acceptors (Lipinski definition) is 3. The SMILES string of the molecule is O=c1[nH]nc(C2CCCCN2)[nH]1. The summed E-state index contributed by atoms with van der Waals surface area (Å²) < 4.78 is 0. The van der Waals surface area contributed by atoms with Crippen molar-refractivity contribution in [2.75, 3.05) is 6.54 Å². The highest BCUT2D eigenvalue weighted by Gasteiger charge is 2.17. The van der Waals surface area contributed by atoms with Gasteiger partial charge in [-0.25, -0.2) is 9.89 Å². The molecule has 0 aromatic carbocycles. The standard InChI is InChI=1S/C7H12N4O/c12-7-9-6(10-11-7)5-3-1-2-4-8-5/h5,8H,1-4H2,(H2,9,10,11,12). The lowest BCUT2D eigenvalue weighted by atomic mass is 10.0. The molecule has 2 heterocycles. The Bertz CT molecular complexity index is 296. The molecule has 3 N–H and O–H groups in total. The molecule has 1 aromatic heterocycles. The van der Waals surface area contributed by atoms with Gasteiger partial charge in [0.1, 0.15) is 5.82 Å². The number of nitrogens with zero attached hydrogens (tertiary/aromatic N) is 1. The molecule has 1 fully saturated rings. The topological polar surface area (TPSA) is 73.6 Å². The third kappa shape index (κ3) is 1.40. The summed E-state index contributed by atoms with van der Waals surface area (Å²) in [5, 5.41) is 9.54. The van der Waals surface area contributed by atoms with Crippen molar-refractivity contribution in [2.24, 2.45) is 0 Å². The number of rotatable bonds is 1. The Morgan fingerprint density at radius 2 is 2.33 bits per heavy atom. The highest BCUT2D eigenvalue weighted by Crippen LogP contribution is 2.17. The number of nitrogens with one attached hydrogen (secondary N) is 3. The van der Waals surface area contributed by atoms with Crippen molar-refractivity contribution in [2.45, 2.75) is 25.3 Å². The molecule has 0 saturated carbocycles. The van der Waals surface area contributed by atoms with E-state index in [-0.39, 0.29) is 11.7 Å². The van der Waals surface area contributed by atoms with Crippen LogP contribution in [-0.2, 0) is 0 Å². The van der Waals surface area contributed by atoms with Crippen LogP contribution in [0.25, 0.3) is 0 Å². The van der Waals surface area contributed by atoms with Gasteiger partial charge in [0.05, 0.1) is 6.04 Å². The molecule has 12 heavy (non-hydrogen) atoms. The van der Waals surface area contributed by atoms with Crippen LogP contribution in [0.3, 0.4) is 0 Å². The van der Waals surface area contributed by atoms with E-state index in [1.54, 1.807) is 0 Å². The summed E-state index contributed by atoms with van der Waals surface area (Å²) in [6.07, 6.45) is 3.47. The summed E-state index contributed by atoms with van der Waals surface area (Å²) in [5.74, 6) is 0.736. The quantitative estimate of drug-likeness (QED) is 0.548. The molecular weight excluding hydrogens is 156 g/mol. The van der Waals surface area contributed by atoms with Crippen LogP contribution in [-0.4, -0.2) is 21.7 Å². The van der Waals surface area contributed by atoms with Crippen LogP contribution in [0.5, 0.6) is 0 Å². The highest BCUT2D eigenvalue weighted by atomic mass is 16.1. The van der Waals surface area contributed by atoms with Gasteiger partial charge in [-0.15, -0.1) is 0 Å². The molecule has 66 valence electrons. The molecule has 5 heteroatoms. The van der Waals surface area contributed by atoms with Crippen molar-refractivity contribution in [1.29, 1.82) is 0 Å². The van der Waals surface area contributed by atoms with Gasteiger partial charge in [-0.3, -0.25) is 4.98 Å². The van der Waals surface area contributed by atoms with Crippen molar-refractivity contribution in [3.8, 4) is 0 Å². The van der Waals surface area contributed by atoms with Gasteiger partial charge in [0.15, 0.2) is 0 Å². The third-order valence-corrected chi connectivity index (χ3v) is 2.16. The second kappa shape index (κ2) is 3.10.